The van der Waals surface area contributed by atoms with Crippen LogP contribution in [-0.2, 0) is 9.59 Å². The first-order chi connectivity index (χ1) is 16.4. The molecule has 0 spiro atoms. The van der Waals surface area contributed by atoms with E-state index in [-0.39, 0.29) is 17.1 Å². The summed E-state index contributed by atoms with van der Waals surface area (Å²) in [6.07, 6.45) is 1.99. The molecule has 0 fully saturated rings. The number of Topliss-reactive ketones (excluding diaryl/α,β-unsaturated/α-hetero) is 1. The van der Waals surface area contributed by atoms with Crippen molar-refractivity contribution in [3.8, 4) is 5.69 Å². The van der Waals surface area contributed by atoms with Crippen LogP contribution in [0.4, 0.5) is 0 Å². The van der Waals surface area contributed by atoms with Crippen molar-refractivity contribution in [3.05, 3.63) is 111 Å². The lowest BCUT2D eigenvalue weighted by atomic mass is 9.74. The van der Waals surface area contributed by atoms with Crippen LogP contribution in [0.25, 0.3) is 22.2 Å². The van der Waals surface area contributed by atoms with Crippen LogP contribution in [0.2, 0.25) is 0 Å². The maximum Gasteiger partial charge on any atom is 0.265 e. The van der Waals surface area contributed by atoms with E-state index in [1.54, 1.807) is 28.8 Å². The molecule has 0 aliphatic heterocycles. The minimum absolute atomic E-state index is 0.228. The van der Waals surface area contributed by atoms with Crippen LogP contribution in [-0.4, -0.2) is 21.1 Å². The van der Waals surface area contributed by atoms with Gasteiger partial charge in [-0.2, -0.15) is 0 Å². The zero-order valence-electron chi connectivity index (χ0n) is 18.4. The van der Waals surface area contributed by atoms with Crippen LogP contribution >= 0.6 is 15.9 Å². The van der Waals surface area contributed by atoms with E-state index in [0.717, 1.165) is 15.6 Å². The van der Waals surface area contributed by atoms with E-state index in [1.807, 2.05) is 60.7 Å². The van der Waals surface area contributed by atoms with Crippen LogP contribution in [0, 0.1) is 5.92 Å². The van der Waals surface area contributed by atoms with Crippen molar-refractivity contribution >= 4 is 44.0 Å². The molecular formula is C28H21BrN2O3. The molecule has 2 unspecified atom stereocenters. The number of carbonyl (C=O) groups is 2. The average molecular weight is 513 g/mol. The van der Waals surface area contributed by atoms with E-state index < -0.39 is 11.8 Å². The highest BCUT2D eigenvalue weighted by Crippen LogP contribution is 2.40. The van der Waals surface area contributed by atoms with Gasteiger partial charge in [0.15, 0.2) is 5.78 Å². The quantitative estimate of drug-likeness (QED) is 0.339. The van der Waals surface area contributed by atoms with Crippen molar-refractivity contribution in [1.29, 1.82) is 0 Å². The van der Waals surface area contributed by atoms with Crippen molar-refractivity contribution in [2.24, 2.45) is 5.92 Å². The summed E-state index contributed by atoms with van der Waals surface area (Å²) in [5, 5.41) is 0.481. The van der Waals surface area contributed by atoms with Gasteiger partial charge in [-0.15, -0.1) is 0 Å². The molecule has 0 N–H and O–H groups in total. The molecule has 0 saturated heterocycles. The molecule has 0 saturated carbocycles. The summed E-state index contributed by atoms with van der Waals surface area (Å²) < 4.78 is 2.43. The Kier molecular flexibility index (Phi) is 5.84. The predicted octanol–water partition coefficient (Wildman–Crippen LogP) is 5.49. The maximum atomic E-state index is 13.7. The second kappa shape index (κ2) is 8.95. The highest BCUT2D eigenvalue weighted by atomic mass is 79.9. The van der Waals surface area contributed by atoms with Crippen molar-refractivity contribution < 1.29 is 9.59 Å². The average Bonchev–Trinajstić information content (AvgIpc) is 2.84. The first-order valence-electron chi connectivity index (χ1n) is 11.0. The van der Waals surface area contributed by atoms with Gasteiger partial charge in [0.05, 0.1) is 22.5 Å². The maximum absolute atomic E-state index is 13.7. The van der Waals surface area contributed by atoms with E-state index in [1.165, 1.54) is 6.92 Å². The summed E-state index contributed by atoms with van der Waals surface area (Å²) in [5.74, 6) is -1.55. The molecular weight excluding hydrogens is 492 g/mol. The number of carbonyl (C=O) groups excluding carboxylic acids is 2. The molecule has 0 radical (unpaired) electrons. The predicted molar refractivity (Wildman–Crippen MR) is 136 cm³/mol. The first-order valence-corrected chi connectivity index (χ1v) is 11.8. The van der Waals surface area contributed by atoms with Crippen LogP contribution in [0.15, 0.2) is 94.2 Å². The normalized spacial score (nSPS) is 18.1. The third-order valence-corrected chi connectivity index (χ3v) is 6.79. The second-order valence-electron chi connectivity index (χ2n) is 8.44. The SMILES string of the molecule is CC(=O)C1C(=O)C=C(c2ccccc2)CC1c1nc2ccccc2c(=O)n1-c1ccc(Br)cc1. The number of benzene rings is 3. The fraction of sp³-hybridized carbons (Fsp3) is 0.143. The van der Waals surface area contributed by atoms with Gasteiger partial charge >= 0.3 is 0 Å². The van der Waals surface area contributed by atoms with Gasteiger partial charge in [0.25, 0.3) is 5.56 Å². The summed E-state index contributed by atoms with van der Waals surface area (Å²) in [6.45, 7) is 1.43. The molecule has 2 atom stereocenters. The number of nitrogens with zero attached hydrogens (tertiary/aromatic N) is 2. The highest BCUT2D eigenvalue weighted by molar-refractivity contribution is 9.10. The minimum Gasteiger partial charge on any atom is -0.299 e. The van der Waals surface area contributed by atoms with Crippen LogP contribution in [0.5, 0.6) is 0 Å². The Morgan fingerprint density at radius 2 is 1.62 bits per heavy atom. The highest BCUT2D eigenvalue weighted by Gasteiger charge is 2.39. The third-order valence-electron chi connectivity index (χ3n) is 6.27. The fourth-order valence-electron chi connectivity index (χ4n) is 4.69. The Balaban J connectivity index is 1.77. The molecule has 6 heteroatoms. The smallest absolute Gasteiger partial charge is 0.265 e. The Hall–Kier alpha value is -3.64. The Morgan fingerprint density at radius 3 is 2.32 bits per heavy atom. The molecule has 1 heterocycles. The lowest BCUT2D eigenvalue weighted by molar-refractivity contribution is -0.130. The summed E-state index contributed by atoms with van der Waals surface area (Å²) in [6, 6.07) is 24.1. The van der Waals surface area contributed by atoms with E-state index in [9.17, 15) is 14.4 Å². The lowest BCUT2D eigenvalue weighted by Gasteiger charge is -2.30. The molecule has 3 aromatic carbocycles. The number of hydrogen-bond donors (Lipinski definition) is 0. The lowest BCUT2D eigenvalue weighted by Crippen LogP contribution is -2.35. The molecule has 1 aromatic heterocycles. The summed E-state index contributed by atoms with van der Waals surface area (Å²) in [5.41, 5.74) is 2.70. The number of ketones is 2. The molecule has 34 heavy (non-hydrogen) atoms. The number of fused-ring (bicyclic) bond motifs is 1. The summed E-state index contributed by atoms with van der Waals surface area (Å²) in [7, 11) is 0. The fourth-order valence-corrected chi connectivity index (χ4v) is 4.95. The number of aromatic nitrogens is 2. The molecule has 168 valence electrons. The first kappa shape index (κ1) is 22.2. The zero-order valence-corrected chi connectivity index (χ0v) is 20.0. The third kappa shape index (κ3) is 3.94. The summed E-state index contributed by atoms with van der Waals surface area (Å²) >= 11 is 3.44. The van der Waals surface area contributed by atoms with Gasteiger partial charge < -0.3 is 0 Å². The topological polar surface area (TPSA) is 69.0 Å². The van der Waals surface area contributed by atoms with E-state index >= 15 is 0 Å². The van der Waals surface area contributed by atoms with Gasteiger partial charge in [0.2, 0.25) is 0 Å². The number of halogens is 1. The number of para-hydroxylation sites is 1. The molecule has 0 amide bonds. The van der Waals surface area contributed by atoms with E-state index in [0.29, 0.717) is 28.8 Å². The molecule has 0 bridgehead atoms. The van der Waals surface area contributed by atoms with Crippen molar-refractivity contribution in [2.75, 3.05) is 0 Å². The standard InChI is InChI=1S/C28H21BrN2O3/c1-17(32)26-23(15-19(16-25(26)33)18-7-3-2-4-8-18)27-30-24-10-6-5-9-22(24)28(34)31(27)21-13-11-20(29)12-14-21/h2-14,16,23,26H,15H2,1H3. The van der Waals surface area contributed by atoms with E-state index in [2.05, 4.69) is 15.9 Å². The van der Waals surface area contributed by atoms with Crippen LogP contribution in [0.3, 0.4) is 0 Å². The number of rotatable bonds is 4. The molecule has 1 aliphatic carbocycles. The van der Waals surface area contributed by atoms with Gasteiger partial charge in [0, 0.05) is 10.4 Å². The molecule has 5 nitrogen and oxygen atoms in total. The van der Waals surface area contributed by atoms with Gasteiger partial charge in [-0.1, -0.05) is 58.4 Å². The Bertz CT molecular complexity index is 1500. The van der Waals surface area contributed by atoms with E-state index in [4.69, 9.17) is 4.98 Å². The minimum atomic E-state index is -0.901. The zero-order chi connectivity index (χ0) is 23.8. The Morgan fingerprint density at radius 1 is 0.941 bits per heavy atom. The summed E-state index contributed by atoms with van der Waals surface area (Å²) in [4.78, 5) is 44.5. The van der Waals surface area contributed by atoms with Gasteiger partial charge in [-0.3, -0.25) is 19.0 Å². The Labute approximate surface area is 204 Å². The van der Waals surface area contributed by atoms with Gasteiger partial charge in [-0.05, 0) is 67.0 Å². The molecule has 5 rings (SSSR count). The second-order valence-corrected chi connectivity index (χ2v) is 9.36. The number of allylic oxidation sites excluding steroid dienone is 2. The number of hydrogen-bond acceptors (Lipinski definition) is 4. The van der Waals surface area contributed by atoms with Gasteiger partial charge in [0.1, 0.15) is 11.6 Å². The van der Waals surface area contributed by atoms with Crippen LogP contribution in [0.1, 0.15) is 30.7 Å². The molecule has 1 aliphatic rings. The van der Waals surface area contributed by atoms with Crippen molar-refractivity contribution in [2.45, 2.75) is 19.3 Å². The largest absolute Gasteiger partial charge is 0.299 e. The van der Waals surface area contributed by atoms with Gasteiger partial charge in [-0.25, -0.2) is 4.98 Å². The molecule has 4 aromatic rings. The van der Waals surface area contributed by atoms with Crippen molar-refractivity contribution in [1.82, 2.24) is 9.55 Å². The van der Waals surface area contributed by atoms with Crippen molar-refractivity contribution in [3.63, 3.8) is 0 Å². The van der Waals surface area contributed by atoms with Crippen LogP contribution < -0.4 is 5.56 Å². The monoisotopic (exact) mass is 512 g/mol.